The van der Waals surface area contributed by atoms with E-state index in [0.717, 1.165) is 5.56 Å². The Bertz CT molecular complexity index is 641. The van der Waals surface area contributed by atoms with Gasteiger partial charge in [-0.3, -0.25) is 9.59 Å². The molecule has 0 aliphatic heterocycles. The molecule has 0 aliphatic carbocycles. The van der Waals surface area contributed by atoms with Crippen LogP contribution in [0.3, 0.4) is 0 Å². The highest BCUT2D eigenvalue weighted by Gasteiger charge is 2.19. The molecule has 1 amide bonds. The van der Waals surface area contributed by atoms with Crippen LogP contribution in [0.2, 0.25) is 0 Å². The number of nitrogens with one attached hydrogen (secondary N) is 1. The Morgan fingerprint density at radius 3 is 2.40 bits per heavy atom. The van der Waals surface area contributed by atoms with Crippen molar-refractivity contribution < 1.29 is 4.79 Å². The molecule has 104 valence electrons. The van der Waals surface area contributed by atoms with E-state index in [9.17, 15) is 9.59 Å². The number of rotatable bonds is 3. The number of carbonyl (C=O) groups excluding carboxylic acids is 1. The van der Waals surface area contributed by atoms with Crippen LogP contribution in [0.4, 0.5) is 0 Å². The number of benzene rings is 1. The molecule has 0 saturated carbocycles. The minimum Gasteiger partial charge on any atom is -0.334 e. The van der Waals surface area contributed by atoms with Crippen LogP contribution in [0.25, 0.3) is 0 Å². The minimum atomic E-state index is -0.323. The number of hydrogen-bond donors (Lipinski definition) is 1. The molecule has 1 aromatic heterocycles. The van der Waals surface area contributed by atoms with Crippen molar-refractivity contribution in [1.82, 2.24) is 15.1 Å². The molecule has 0 saturated heterocycles. The van der Waals surface area contributed by atoms with Gasteiger partial charge in [-0.15, -0.1) is 0 Å². The van der Waals surface area contributed by atoms with Crippen LogP contribution < -0.4 is 5.56 Å². The lowest BCUT2D eigenvalue weighted by molar-refractivity contribution is 0.0735. The summed E-state index contributed by atoms with van der Waals surface area (Å²) in [5, 5.41) is 6.03. The lowest BCUT2D eigenvalue weighted by Crippen LogP contribution is -2.31. The second kappa shape index (κ2) is 5.69. The smallest absolute Gasteiger partial charge is 0.274 e. The third-order valence-corrected chi connectivity index (χ3v) is 3.36. The fourth-order valence-electron chi connectivity index (χ4n) is 1.89. The molecule has 0 aliphatic rings. The first-order chi connectivity index (χ1) is 9.49. The van der Waals surface area contributed by atoms with Crippen molar-refractivity contribution in [2.45, 2.75) is 19.9 Å². The Morgan fingerprint density at radius 1 is 1.20 bits per heavy atom. The Morgan fingerprint density at radius 2 is 1.85 bits per heavy atom. The maximum absolute atomic E-state index is 12.3. The van der Waals surface area contributed by atoms with Gasteiger partial charge in [0.15, 0.2) is 0 Å². The fourth-order valence-corrected chi connectivity index (χ4v) is 1.89. The summed E-state index contributed by atoms with van der Waals surface area (Å²) in [6.45, 7) is 3.97. The van der Waals surface area contributed by atoms with Gasteiger partial charge in [0.05, 0.1) is 6.04 Å². The number of carbonyl (C=O) groups is 1. The van der Waals surface area contributed by atoms with E-state index in [4.69, 9.17) is 0 Å². The molecular formula is C15H17N3O2. The highest BCUT2D eigenvalue weighted by molar-refractivity contribution is 5.92. The van der Waals surface area contributed by atoms with Crippen LogP contribution in [-0.4, -0.2) is 28.1 Å². The number of amides is 1. The molecule has 1 unspecified atom stereocenters. The molecule has 2 rings (SSSR count). The van der Waals surface area contributed by atoms with Crippen molar-refractivity contribution in [1.29, 1.82) is 0 Å². The Hall–Kier alpha value is -2.43. The quantitative estimate of drug-likeness (QED) is 0.927. The maximum atomic E-state index is 12.3. The molecule has 0 spiro atoms. The molecule has 5 heteroatoms. The van der Waals surface area contributed by atoms with E-state index in [-0.39, 0.29) is 23.2 Å². The zero-order chi connectivity index (χ0) is 14.7. The molecule has 0 radical (unpaired) electrons. The second-order valence-electron chi connectivity index (χ2n) is 4.81. The molecule has 0 bridgehead atoms. The summed E-state index contributed by atoms with van der Waals surface area (Å²) in [6.07, 6.45) is 0. The van der Waals surface area contributed by atoms with Gasteiger partial charge in [-0.05, 0) is 25.5 Å². The van der Waals surface area contributed by atoms with Crippen LogP contribution >= 0.6 is 0 Å². The Kier molecular flexibility index (Phi) is 3.98. The fraction of sp³-hybridized carbons (Fsp3) is 0.267. The molecule has 1 heterocycles. The van der Waals surface area contributed by atoms with Gasteiger partial charge in [0, 0.05) is 13.1 Å². The summed E-state index contributed by atoms with van der Waals surface area (Å²) in [6, 6.07) is 10.7. The van der Waals surface area contributed by atoms with Crippen LogP contribution in [0.1, 0.15) is 34.6 Å². The molecule has 1 aromatic carbocycles. The molecule has 20 heavy (non-hydrogen) atoms. The van der Waals surface area contributed by atoms with Crippen molar-refractivity contribution in [3.05, 3.63) is 63.6 Å². The highest BCUT2D eigenvalue weighted by Crippen LogP contribution is 2.20. The monoisotopic (exact) mass is 271 g/mol. The SMILES string of the molecule is Cc1ccc(C(C)N(C)C(=O)c2ccc(=O)[nH]n2)cc1. The number of H-pyrrole nitrogens is 1. The maximum Gasteiger partial charge on any atom is 0.274 e. The summed E-state index contributed by atoms with van der Waals surface area (Å²) in [7, 11) is 1.72. The third-order valence-electron chi connectivity index (χ3n) is 3.36. The van der Waals surface area contributed by atoms with Crippen LogP contribution in [0.5, 0.6) is 0 Å². The summed E-state index contributed by atoms with van der Waals surface area (Å²) in [5.41, 5.74) is 2.13. The number of hydrogen-bond acceptors (Lipinski definition) is 3. The Balaban J connectivity index is 2.19. The first-order valence-electron chi connectivity index (χ1n) is 6.38. The molecule has 5 nitrogen and oxygen atoms in total. The second-order valence-corrected chi connectivity index (χ2v) is 4.81. The van der Waals surface area contributed by atoms with Gasteiger partial charge in [0.1, 0.15) is 5.69 Å². The van der Waals surface area contributed by atoms with Crippen molar-refractivity contribution in [3.63, 3.8) is 0 Å². The molecular weight excluding hydrogens is 254 g/mol. The summed E-state index contributed by atoms with van der Waals surface area (Å²) < 4.78 is 0. The Labute approximate surface area is 117 Å². The van der Waals surface area contributed by atoms with Gasteiger partial charge in [-0.1, -0.05) is 29.8 Å². The van der Waals surface area contributed by atoms with Crippen LogP contribution in [0, 0.1) is 6.92 Å². The van der Waals surface area contributed by atoms with Gasteiger partial charge in [0.25, 0.3) is 11.5 Å². The predicted molar refractivity (Wildman–Crippen MR) is 76.5 cm³/mol. The first kappa shape index (κ1) is 14.0. The van der Waals surface area contributed by atoms with E-state index in [1.165, 1.54) is 17.7 Å². The molecule has 0 fully saturated rings. The zero-order valence-corrected chi connectivity index (χ0v) is 11.8. The summed E-state index contributed by atoms with van der Waals surface area (Å²) in [5.74, 6) is -0.227. The largest absolute Gasteiger partial charge is 0.334 e. The molecule has 1 N–H and O–H groups in total. The van der Waals surface area contributed by atoms with E-state index in [0.29, 0.717) is 0 Å². The average molecular weight is 271 g/mol. The number of aromatic amines is 1. The summed E-state index contributed by atoms with van der Waals surface area (Å²) in [4.78, 5) is 24.8. The zero-order valence-electron chi connectivity index (χ0n) is 11.8. The van der Waals surface area contributed by atoms with E-state index in [1.807, 2.05) is 38.1 Å². The number of aryl methyl sites for hydroxylation is 1. The van der Waals surface area contributed by atoms with E-state index >= 15 is 0 Å². The van der Waals surface area contributed by atoms with Crippen LogP contribution in [0.15, 0.2) is 41.2 Å². The topological polar surface area (TPSA) is 66.1 Å². The lowest BCUT2D eigenvalue weighted by atomic mass is 10.1. The first-order valence-corrected chi connectivity index (χ1v) is 6.38. The van der Waals surface area contributed by atoms with Crippen molar-refractivity contribution in [2.24, 2.45) is 0 Å². The van der Waals surface area contributed by atoms with Gasteiger partial charge >= 0.3 is 0 Å². The van der Waals surface area contributed by atoms with Crippen molar-refractivity contribution >= 4 is 5.91 Å². The minimum absolute atomic E-state index is 0.0724. The third kappa shape index (κ3) is 2.93. The van der Waals surface area contributed by atoms with Crippen LogP contribution in [-0.2, 0) is 0 Å². The van der Waals surface area contributed by atoms with Gasteiger partial charge in [0.2, 0.25) is 0 Å². The predicted octanol–water partition coefficient (Wildman–Crippen LogP) is 1.91. The van der Waals surface area contributed by atoms with Crippen molar-refractivity contribution in [3.8, 4) is 0 Å². The van der Waals surface area contributed by atoms with Crippen molar-refractivity contribution in [2.75, 3.05) is 7.05 Å². The van der Waals surface area contributed by atoms with E-state index < -0.39 is 0 Å². The normalized spacial score (nSPS) is 11.9. The summed E-state index contributed by atoms with van der Waals surface area (Å²) >= 11 is 0. The van der Waals surface area contributed by atoms with Gasteiger partial charge in [-0.25, -0.2) is 5.10 Å². The van der Waals surface area contributed by atoms with Gasteiger partial charge in [-0.2, -0.15) is 5.10 Å². The van der Waals surface area contributed by atoms with Gasteiger partial charge < -0.3 is 4.90 Å². The van der Waals surface area contributed by atoms with E-state index in [1.54, 1.807) is 11.9 Å². The lowest BCUT2D eigenvalue weighted by Gasteiger charge is -2.25. The van der Waals surface area contributed by atoms with E-state index in [2.05, 4.69) is 10.2 Å². The highest BCUT2D eigenvalue weighted by atomic mass is 16.2. The average Bonchev–Trinajstić information content (AvgIpc) is 2.46. The number of nitrogens with zero attached hydrogens (tertiary/aromatic N) is 2. The standard InChI is InChI=1S/C15H17N3O2/c1-10-4-6-12(7-5-10)11(2)18(3)15(20)13-8-9-14(19)17-16-13/h4-9,11H,1-3H3,(H,17,19). The molecule has 1 atom stereocenters. The molecule has 2 aromatic rings. The number of aromatic nitrogens is 2.